The molecule has 4 heteroatoms. The molecule has 18 heavy (non-hydrogen) atoms. The van der Waals surface area contributed by atoms with Gasteiger partial charge in [0.2, 0.25) is 0 Å². The van der Waals surface area contributed by atoms with E-state index in [0.717, 1.165) is 24.0 Å². The van der Waals surface area contributed by atoms with Crippen LogP contribution in [0.1, 0.15) is 25.8 Å². The molecule has 0 heterocycles. The second-order valence-corrected chi connectivity index (χ2v) is 4.12. The van der Waals surface area contributed by atoms with E-state index in [-0.39, 0.29) is 11.5 Å². The van der Waals surface area contributed by atoms with Crippen LogP contribution in [0, 0.1) is 0 Å². The summed E-state index contributed by atoms with van der Waals surface area (Å²) in [6.07, 6.45) is 3.15. The predicted octanol–water partition coefficient (Wildman–Crippen LogP) is 3.76. The molecule has 1 rings (SSSR count). The number of ether oxygens (including phenoxy) is 1. The van der Waals surface area contributed by atoms with Crippen LogP contribution >= 0.6 is 0 Å². The standard InChI is InChI=1S/C14H16F2O2/c1-10(9-11(2)17)3-4-12-5-7-13(8-6-12)18-14(15)16/h5-9,14H,3-4H2,1-2H3/b10-9-. The van der Waals surface area contributed by atoms with Gasteiger partial charge in [-0.15, -0.1) is 0 Å². The number of rotatable bonds is 6. The lowest BCUT2D eigenvalue weighted by Crippen LogP contribution is -2.01. The van der Waals surface area contributed by atoms with Crippen LogP contribution in [-0.4, -0.2) is 12.4 Å². The lowest BCUT2D eigenvalue weighted by Gasteiger charge is -2.06. The molecule has 0 unspecified atom stereocenters. The van der Waals surface area contributed by atoms with Crippen LogP contribution in [0.3, 0.4) is 0 Å². The van der Waals surface area contributed by atoms with Gasteiger partial charge in [0, 0.05) is 0 Å². The highest BCUT2D eigenvalue weighted by Gasteiger charge is 2.03. The van der Waals surface area contributed by atoms with Gasteiger partial charge in [-0.05, 0) is 50.5 Å². The molecule has 0 aromatic heterocycles. The Balaban J connectivity index is 2.51. The van der Waals surface area contributed by atoms with Gasteiger partial charge in [0.1, 0.15) is 5.75 Å². The highest BCUT2D eigenvalue weighted by Crippen LogP contribution is 2.16. The Morgan fingerprint density at radius 3 is 2.39 bits per heavy atom. The van der Waals surface area contributed by atoms with Crippen LogP contribution in [0.25, 0.3) is 0 Å². The summed E-state index contributed by atoms with van der Waals surface area (Å²) in [4.78, 5) is 10.8. The van der Waals surface area contributed by atoms with Crippen molar-refractivity contribution in [2.45, 2.75) is 33.3 Å². The first kappa shape index (κ1) is 14.4. The fourth-order valence-electron chi connectivity index (χ4n) is 1.60. The summed E-state index contributed by atoms with van der Waals surface area (Å²) in [5.41, 5.74) is 2.03. The Morgan fingerprint density at radius 2 is 1.89 bits per heavy atom. The van der Waals surface area contributed by atoms with Crippen molar-refractivity contribution in [1.82, 2.24) is 0 Å². The zero-order valence-corrected chi connectivity index (χ0v) is 10.5. The molecule has 0 fully saturated rings. The van der Waals surface area contributed by atoms with E-state index < -0.39 is 6.61 Å². The number of allylic oxidation sites excluding steroid dienone is 2. The van der Waals surface area contributed by atoms with Crippen molar-refractivity contribution in [2.24, 2.45) is 0 Å². The van der Waals surface area contributed by atoms with E-state index in [4.69, 9.17) is 0 Å². The van der Waals surface area contributed by atoms with E-state index in [1.165, 1.54) is 19.1 Å². The first-order valence-corrected chi connectivity index (χ1v) is 5.69. The van der Waals surface area contributed by atoms with Gasteiger partial charge in [-0.3, -0.25) is 4.79 Å². The summed E-state index contributed by atoms with van der Waals surface area (Å²) < 4.78 is 28.1. The van der Waals surface area contributed by atoms with Crippen molar-refractivity contribution in [3.63, 3.8) is 0 Å². The third kappa shape index (κ3) is 5.57. The van der Waals surface area contributed by atoms with Crippen molar-refractivity contribution >= 4 is 5.78 Å². The minimum Gasteiger partial charge on any atom is -0.435 e. The Hall–Kier alpha value is -1.71. The normalized spacial score (nSPS) is 11.7. The number of hydrogen-bond donors (Lipinski definition) is 0. The highest BCUT2D eigenvalue weighted by molar-refractivity contribution is 5.87. The second-order valence-electron chi connectivity index (χ2n) is 4.12. The van der Waals surface area contributed by atoms with Gasteiger partial charge < -0.3 is 4.74 Å². The minimum absolute atomic E-state index is 0.0354. The zero-order chi connectivity index (χ0) is 13.5. The predicted molar refractivity (Wildman–Crippen MR) is 65.8 cm³/mol. The number of carbonyl (C=O) groups is 1. The number of ketones is 1. The molecule has 0 radical (unpaired) electrons. The third-order valence-electron chi connectivity index (χ3n) is 2.41. The van der Waals surface area contributed by atoms with Gasteiger partial charge in [-0.1, -0.05) is 17.7 Å². The van der Waals surface area contributed by atoms with E-state index in [9.17, 15) is 13.6 Å². The minimum atomic E-state index is -2.79. The fraction of sp³-hybridized carbons (Fsp3) is 0.357. The molecule has 0 aliphatic rings. The smallest absolute Gasteiger partial charge is 0.387 e. The SMILES string of the molecule is CC(=O)/C=C(/C)CCc1ccc(OC(F)F)cc1. The molecule has 0 aliphatic heterocycles. The maximum absolute atomic E-state index is 11.9. The van der Waals surface area contributed by atoms with Gasteiger partial charge in [0.05, 0.1) is 0 Å². The maximum Gasteiger partial charge on any atom is 0.387 e. The molecule has 0 spiro atoms. The molecular formula is C14H16F2O2. The quantitative estimate of drug-likeness (QED) is 0.722. The maximum atomic E-state index is 11.9. The van der Waals surface area contributed by atoms with Crippen molar-refractivity contribution in [3.8, 4) is 5.75 Å². The van der Waals surface area contributed by atoms with Crippen LogP contribution in [0.5, 0.6) is 5.75 Å². The van der Waals surface area contributed by atoms with Gasteiger partial charge in [0.15, 0.2) is 5.78 Å². The summed E-state index contributed by atoms with van der Waals surface area (Å²) >= 11 is 0. The van der Waals surface area contributed by atoms with E-state index in [0.29, 0.717) is 0 Å². The molecule has 0 saturated carbocycles. The second kappa shape index (κ2) is 6.89. The highest BCUT2D eigenvalue weighted by atomic mass is 19.3. The molecular weight excluding hydrogens is 238 g/mol. The number of carbonyl (C=O) groups excluding carboxylic acids is 1. The van der Waals surface area contributed by atoms with Crippen molar-refractivity contribution in [3.05, 3.63) is 41.5 Å². The monoisotopic (exact) mass is 254 g/mol. The topological polar surface area (TPSA) is 26.3 Å². The van der Waals surface area contributed by atoms with Gasteiger partial charge >= 0.3 is 6.61 Å². The molecule has 0 amide bonds. The summed E-state index contributed by atoms with van der Waals surface area (Å²) in [7, 11) is 0. The number of hydrogen-bond acceptors (Lipinski definition) is 2. The van der Waals surface area contributed by atoms with Crippen LogP contribution in [0.4, 0.5) is 8.78 Å². The van der Waals surface area contributed by atoms with Crippen molar-refractivity contribution in [2.75, 3.05) is 0 Å². The van der Waals surface area contributed by atoms with Crippen LogP contribution in [0.2, 0.25) is 0 Å². The Kier molecular flexibility index (Phi) is 5.49. The lowest BCUT2D eigenvalue weighted by molar-refractivity contribution is -0.112. The fourth-order valence-corrected chi connectivity index (χ4v) is 1.60. The van der Waals surface area contributed by atoms with E-state index >= 15 is 0 Å². The number of halogens is 2. The van der Waals surface area contributed by atoms with Crippen LogP contribution in [0.15, 0.2) is 35.9 Å². The zero-order valence-electron chi connectivity index (χ0n) is 10.5. The van der Waals surface area contributed by atoms with Crippen LogP contribution in [-0.2, 0) is 11.2 Å². The molecule has 98 valence electrons. The largest absolute Gasteiger partial charge is 0.435 e. The number of benzene rings is 1. The first-order chi connectivity index (χ1) is 8.47. The lowest BCUT2D eigenvalue weighted by atomic mass is 10.0. The Morgan fingerprint density at radius 1 is 1.28 bits per heavy atom. The Bertz CT molecular complexity index is 422. The Labute approximate surface area is 105 Å². The molecule has 0 N–H and O–H groups in total. The summed E-state index contributed by atoms with van der Waals surface area (Å²) in [6, 6.07) is 6.54. The summed E-state index contributed by atoms with van der Waals surface area (Å²) in [5, 5.41) is 0. The van der Waals surface area contributed by atoms with Gasteiger partial charge in [-0.25, -0.2) is 0 Å². The van der Waals surface area contributed by atoms with E-state index in [1.54, 1.807) is 18.2 Å². The molecule has 0 saturated heterocycles. The average Bonchev–Trinajstić information content (AvgIpc) is 2.26. The summed E-state index contributed by atoms with van der Waals surface area (Å²) in [6.45, 7) is 0.618. The van der Waals surface area contributed by atoms with Gasteiger partial charge in [-0.2, -0.15) is 8.78 Å². The van der Waals surface area contributed by atoms with Gasteiger partial charge in [0.25, 0.3) is 0 Å². The van der Waals surface area contributed by atoms with E-state index in [2.05, 4.69) is 4.74 Å². The number of alkyl halides is 2. The molecule has 1 aromatic rings. The molecule has 2 nitrogen and oxygen atoms in total. The van der Waals surface area contributed by atoms with Crippen molar-refractivity contribution < 1.29 is 18.3 Å². The van der Waals surface area contributed by atoms with Crippen LogP contribution < -0.4 is 4.74 Å². The first-order valence-electron chi connectivity index (χ1n) is 5.69. The average molecular weight is 254 g/mol. The van der Waals surface area contributed by atoms with Crippen molar-refractivity contribution in [1.29, 1.82) is 0 Å². The van der Waals surface area contributed by atoms with E-state index in [1.807, 2.05) is 6.92 Å². The molecule has 0 bridgehead atoms. The third-order valence-corrected chi connectivity index (χ3v) is 2.41. The molecule has 0 atom stereocenters. The molecule has 1 aromatic carbocycles. The number of aryl methyl sites for hydroxylation is 1. The molecule has 0 aliphatic carbocycles. The summed E-state index contributed by atoms with van der Waals surface area (Å²) in [5.74, 6) is 0.193.